The SMILES string of the molecule is Cl.Cl.Nc1ncnc2c1ncn2CCCOc1ccccc1C(=O)N1CCNCC1. The number of amides is 1. The zero-order valence-electron chi connectivity index (χ0n) is 16.4. The third-order valence-corrected chi connectivity index (χ3v) is 4.75. The molecule has 1 aromatic carbocycles. The van der Waals surface area contributed by atoms with E-state index in [4.69, 9.17) is 10.5 Å². The molecular formula is C19H25Cl2N7O2. The number of carbonyl (C=O) groups is 1. The number of nitrogen functional groups attached to an aromatic ring is 1. The van der Waals surface area contributed by atoms with Crippen molar-refractivity contribution >= 4 is 47.7 Å². The van der Waals surface area contributed by atoms with Crippen LogP contribution in [0, 0.1) is 0 Å². The molecule has 3 heterocycles. The minimum atomic E-state index is 0. The minimum Gasteiger partial charge on any atom is -0.493 e. The summed E-state index contributed by atoms with van der Waals surface area (Å²) in [4.78, 5) is 27.1. The number of para-hydroxylation sites is 1. The quantitative estimate of drug-likeness (QED) is 0.546. The molecule has 162 valence electrons. The molecule has 1 aliphatic heterocycles. The number of halogens is 2. The number of imidazole rings is 1. The highest BCUT2D eigenvalue weighted by atomic mass is 35.5. The number of carbonyl (C=O) groups excluding carboxylic acids is 1. The van der Waals surface area contributed by atoms with E-state index >= 15 is 0 Å². The van der Waals surface area contributed by atoms with E-state index in [1.807, 2.05) is 33.7 Å². The second-order valence-electron chi connectivity index (χ2n) is 6.61. The Morgan fingerprint density at radius 1 is 1.13 bits per heavy atom. The highest BCUT2D eigenvalue weighted by molar-refractivity contribution is 5.97. The topological polar surface area (TPSA) is 111 Å². The molecule has 0 radical (unpaired) electrons. The van der Waals surface area contributed by atoms with Crippen LogP contribution in [0.15, 0.2) is 36.9 Å². The number of rotatable bonds is 6. The van der Waals surface area contributed by atoms with E-state index in [0.29, 0.717) is 54.5 Å². The summed E-state index contributed by atoms with van der Waals surface area (Å²) >= 11 is 0. The van der Waals surface area contributed by atoms with Gasteiger partial charge in [-0.2, -0.15) is 0 Å². The number of hydrogen-bond acceptors (Lipinski definition) is 7. The second-order valence-corrected chi connectivity index (χ2v) is 6.61. The summed E-state index contributed by atoms with van der Waals surface area (Å²) in [6.07, 6.45) is 3.88. The van der Waals surface area contributed by atoms with Gasteiger partial charge in [0.1, 0.15) is 17.6 Å². The van der Waals surface area contributed by atoms with Crippen molar-refractivity contribution < 1.29 is 9.53 Å². The average molecular weight is 454 g/mol. The Morgan fingerprint density at radius 3 is 2.70 bits per heavy atom. The van der Waals surface area contributed by atoms with Crippen LogP contribution in [0.1, 0.15) is 16.8 Å². The molecule has 0 unspecified atom stereocenters. The van der Waals surface area contributed by atoms with Crippen LogP contribution < -0.4 is 15.8 Å². The lowest BCUT2D eigenvalue weighted by Gasteiger charge is -2.28. The summed E-state index contributed by atoms with van der Waals surface area (Å²) < 4.78 is 7.85. The molecular weight excluding hydrogens is 429 g/mol. The lowest BCUT2D eigenvalue weighted by atomic mass is 10.1. The minimum absolute atomic E-state index is 0. The second kappa shape index (κ2) is 11.0. The highest BCUT2D eigenvalue weighted by Gasteiger charge is 2.21. The van der Waals surface area contributed by atoms with Crippen LogP contribution in [0.5, 0.6) is 5.75 Å². The molecule has 0 bridgehead atoms. The van der Waals surface area contributed by atoms with E-state index in [-0.39, 0.29) is 30.7 Å². The maximum atomic E-state index is 12.8. The third-order valence-electron chi connectivity index (χ3n) is 4.75. The van der Waals surface area contributed by atoms with Crippen LogP contribution in [0.3, 0.4) is 0 Å². The van der Waals surface area contributed by atoms with E-state index in [9.17, 15) is 4.79 Å². The number of piperazine rings is 1. The van der Waals surface area contributed by atoms with Crippen LogP contribution in [0.4, 0.5) is 5.82 Å². The molecule has 1 amide bonds. The van der Waals surface area contributed by atoms with Gasteiger partial charge in [0.2, 0.25) is 0 Å². The monoisotopic (exact) mass is 453 g/mol. The molecule has 2 aromatic heterocycles. The van der Waals surface area contributed by atoms with Crippen LogP contribution in [0.2, 0.25) is 0 Å². The smallest absolute Gasteiger partial charge is 0.257 e. The van der Waals surface area contributed by atoms with Crippen molar-refractivity contribution in [2.45, 2.75) is 13.0 Å². The fourth-order valence-corrected chi connectivity index (χ4v) is 3.29. The molecule has 4 rings (SSSR count). The summed E-state index contributed by atoms with van der Waals surface area (Å²) in [7, 11) is 0. The summed E-state index contributed by atoms with van der Waals surface area (Å²) in [5.41, 5.74) is 7.74. The van der Waals surface area contributed by atoms with Gasteiger partial charge in [0, 0.05) is 32.7 Å². The van der Waals surface area contributed by atoms with E-state index in [1.165, 1.54) is 6.33 Å². The molecule has 3 N–H and O–H groups in total. The van der Waals surface area contributed by atoms with Gasteiger partial charge < -0.3 is 25.3 Å². The number of nitrogens with zero attached hydrogens (tertiary/aromatic N) is 5. The standard InChI is InChI=1S/C19H23N7O2.2ClH/c20-17-16-18(23-12-22-17)26(13-24-16)8-3-11-28-15-5-2-1-4-14(15)19(27)25-9-6-21-7-10-25;;/h1-2,4-5,12-13,21H,3,6-11H2,(H2,20,22,23);2*1H. The van der Waals surface area contributed by atoms with Gasteiger partial charge in [-0.15, -0.1) is 24.8 Å². The van der Waals surface area contributed by atoms with Crippen molar-refractivity contribution in [2.75, 3.05) is 38.5 Å². The first-order valence-electron chi connectivity index (χ1n) is 9.37. The van der Waals surface area contributed by atoms with Crippen LogP contribution in [-0.4, -0.2) is 63.1 Å². The van der Waals surface area contributed by atoms with Gasteiger partial charge in [-0.25, -0.2) is 15.0 Å². The van der Waals surface area contributed by atoms with Gasteiger partial charge in [-0.3, -0.25) is 4.79 Å². The first-order chi connectivity index (χ1) is 13.7. The van der Waals surface area contributed by atoms with Crippen molar-refractivity contribution in [3.8, 4) is 5.75 Å². The Bertz CT molecular complexity index is 976. The molecule has 9 nitrogen and oxygen atoms in total. The van der Waals surface area contributed by atoms with Gasteiger partial charge in [-0.05, 0) is 18.6 Å². The fraction of sp³-hybridized carbons (Fsp3) is 0.368. The van der Waals surface area contributed by atoms with Crippen molar-refractivity contribution in [3.05, 3.63) is 42.5 Å². The van der Waals surface area contributed by atoms with Crippen LogP contribution in [0.25, 0.3) is 11.2 Å². The molecule has 0 saturated carbocycles. The summed E-state index contributed by atoms with van der Waals surface area (Å²) in [5, 5.41) is 3.26. The molecule has 0 aliphatic carbocycles. The first-order valence-corrected chi connectivity index (χ1v) is 9.37. The van der Waals surface area contributed by atoms with Crippen molar-refractivity contribution in [2.24, 2.45) is 0 Å². The van der Waals surface area contributed by atoms with Crippen LogP contribution >= 0.6 is 24.8 Å². The molecule has 3 aromatic rings. The summed E-state index contributed by atoms with van der Waals surface area (Å²) in [5.74, 6) is 1.01. The average Bonchev–Trinajstić information content (AvgIpc) is 3.16. The first kappa shape index (κ1) is 23.7. The van der Waals surface area contributed by atoms with Gasteiger partial charge in [-0.1, -0.05) is 12.1 Å². The number of anilines is 1. The van der Waals surface area contributed by atoms with Gasteiger partial charge in [0.25, 0.3) is 5.91 Å². The third kappa shape index (κ3) is 5.10. The van der Waals surface area contributed by atoms with Crippen molar-refractivity contribution in [1.82, 2.24) is 29.7 Å². The Kier molecular flexibility index (Phi) is 8.64. The molecule has 11 heteroatoms. The maximum absolute atomic E-state index is 12.8. The van der Waals surface area contributed by atoms with Crippen LogP contribution in [-0.2, 0) is 6.54 Å². The number of ether oxygens (including phenoxy) is 1. The molecule has 1 saturated heterocycles. The number of fused-ring (bicyclic) bond motifs is 1. The lowest BCUT2D eigenvalue weighted by molar-refractivity contribution is 0.0731. The summed E-state index contributed by atoms with van der Waals surface area (Å²) in [6.45, 7) is 4.23. The predicted molar refractivity (Wildman–Crippen MR) is 120 cm³/mol. The molecule has 0 atom stereocenters. The molecule has 1 fully saturated rings. The van der Waals surface area contributed by atoms with Gasteiger partial charge >= 0.3 is 0 Å². The molecule has 30 heavy (non-hydrogen) atoms. The Morgan fingerprint density at radius 2 is 1.90 bits per heavy atom. The van der Waals surface area contributed by atoms with E-state index < -0.39 is 0 Å². The lowest BCUT2D eigenvalue weighted by Crippen LogP contribution is -2.46. The Hall–Kier alpha value is -2.62. The fourth-order valence-electron chi connectivity index (χ4n) is 3.29. The highest BCUT2D eigenvalue weighted by Crippen LogP contribution is 2.21. The van der Waals surface area contributed by atoms with E-state index in [0.717, 1.165) is 19.5 Å². The number of benzene rings is 1. The Labute approximate surface area is 186 Å². The molecule has 0 spiro atoms. The maximum Gasteiger partial charge on any atom is 0.257 e. The van der Waals surface area contributed by atoms with Gasteiger partial charge in [0.05, 0.1) is 18.5 Å². The largest absolute Gasteiger partial charge is 0.493 e. The Balaban J connectivity index is 0.00000160. The van der Waals surface area contributed by atoms with E-state index in [1.54, 1.807) is 6.33 Å². The number of nitrogens with two attached hydrogens (primary N) is 1. The van der Waals surface area contributed by atoms with Crippen molar-refractivity contribution in [3.63, 3.8) is 0 Å². The van der Waals surface area contributed by atoms with Gasteiger partial charge in [0.15, 0.2) is 11.5 Å². The molecule has 1 aliphatic rings. The number of aryl methyl sites for hydroxylation is 1. The van der Waals surface area contributed by atoms with Crippen molar-refractivity contribution in [1.29, 1.82) is 0 Å². The normalized spacial score (nSPS) is 13.4. The summed E-state index contributed by atoms with van der Waals surface area (Å²) in [6, 6.07) is 7.41. The number of aromatic nitrogens is 4. The zero-order chi connectivity index (χ0) is 19.3. The zero-order valence-corrected chi connectivity index (χ0v) is 18.0. The van der Waals surface area contributed by atoms with E-state index in [2.05, 4.69) is 20.3 Å². The number of nitrogens with one attached hydrogen (secondary N) is 1. The predicted octanol–water partition coefficient (Wildman–Crippen LogP) is 1.77. The number of hydrogen-bond donors (Lipinski definition) is 2.